The van der Waals surface area contributed by atoms with Crippen LogP contribution in [0.1, 0.15) is 19.3 Å². The minimum absolute atomic E-state index is 0.0877. The Labute approximate surface area is 75.4 Å². The molecule has 1 heterocycles. The minimum Gasteiger partial charge on any atom is -0.469 e. The molecule has 1 fully saturated rings. The summed E-state index contributed by atoms with van der Waals surface area (Å²) in [6.07, 6.45) is 3.50. The zero-order valence-electron chi connectivity index (χ0n) is 7.38. The van der Waals surface area contributed by atoms with E-state index in [1.807, 2.05) is 0 Å². The molecule has 0 aromatic rings. The van der Waals surface area contributed by atoms with Crippen LogP contribution in [0.3, 0.4) is 0 Å². The van der Waals surface area contributed by atoms with Gasteiger partial charge in [0.25, 0.3) is 0 Å². The highest BCUT2D eigenvalue weighted by Crippen LogP contribution is 2.17. The lowest BCUT2D eigenvalue weighted by atomic mass is 10.0. The van der Waals surface area contributed by atoms with E-state index in [0.29, 0.717) is 0 Å². The molecule has 0 bridgehead atoms. The summed E-state index contributed by atoms with van der Waals surface area (Å²) in [6.45, 7) is 1.02. The van der Waals surface area contributed by atoms with Gasteiger partial charge in [0.2, 0.25) is 0 Å². The van der Waals surface area contributed by atoms with Crippen molar-refractivity contribution in [3.05, 3.63) is 0 Å². The Morgan fingerprint density at radius 1 is 1.67 bits per heavy atom. The fraction of sp³-hybridized carbons (Fsp3) is 0.875. The van der Waals surface area contributed by atoms with Gasteiger partial charge in [0, 0.05) is 6.04 Å². The second-order valence-electron chi connectivity index (χ2n) is 3.11. The van der Waals surface area contributed by atoms with Crippen molar-refractivity contribution < 1.29 is 9.53 Å². The summed E-state index contributed by atoms with van der Waals surface area (Å²) in [5.41, 5.74) is -0.0877. The third-order valence-corrected chi connectivity index (χ3v) is 2.99. The third kappa shape index (κ3) is 2.43. The maximum Gasteiger partial charge on any atom is 0.314 e. The van der Waals surface area contributed by atoms with Crippen LogP contribution in [0.25, 0.3) is 0 Å². The highest BCUT2D eigenvalue weighted by atomic mass is 31.0. The van der Waals surface area contributed by atoms with E-state index in [1.54, 1.807) is 0 Å². The smallest absolute Gasteiger partial charge is 0.314 e. The number of carbonyl (C=O) groups is 1. The van der Waals surface area contributed by atoms with Gasteiger partial charge in [0.05, 0.1) is 12.8 Å². The van der Waals surface area contributed by atoms with Gasteiger partial charge in [0.15, 0.2) is 0 Å². The van der Waals surface area contributed by atoms with Crippen LogP contribution in [0.4, 0.5) is 0 Å². The highest BCUT2D eigenvalue weighted by molar-refractivity contribution is 7.19. The van der Waals surface area contributed by atoms with Crippen LogP contribution >= 0.6 is 9.24 Å². The van der Waals surface area contributed by atoms with Crippen molar-refractivity contribution in [1.29, 1.82) is 0 Å². The predicted molar refractivity (Wildman–Crippen MR) is 51.2 cm³/mol. The molecule has 0 aliphatic carbocycles. The van der Waals surface area contributed by atoms with Crippen LogP contribution in [0.5, 0.6) is 0 Å². The van der Waals surface area contributed by atoms with Gasteiger partial charge in [-0.3, -0.25) is 4.79 Å². The molecule has 0 saturated carbocycles. The van der Waals surface area contributed by atoms with Crippen molar-refractivity contribution in [1.82, 2.24) is 5.32 Å². The number of ether oxygens (including phenoxy) is 1. The molecule has 0 spiro atoms. The quantitative estimate of drug-likeness (QED) is 0.509. The van der Waals surface area contributed by atoms with Gasteiger partial charge < -0.3 is 10.1 Å². The number of carbonyl (C=O) groups excluding carboxylic acids is 1. The Bertz CT molecular complexity index is 157. The van der Waals surface area contributed by atoms with Crippen molar-refractivity contribution in [3.8, 4) is 0 Å². The van der Waals surface area contributed by atoms with Gasteiger partial charge in [-0.1, -0.05) is 6.42 Å². The maximum absolute atomic E-state index is 11.1. The zero-order chi connectivity index (χ0) is 8.97. The summed E-state index contributed by atoms with van der Waals surface area (Å²) in [4.78, 5) is 11.1. The number of methoxy groups -OCH3 is 1. The van der Waals surface area contributed by atoms with Crippen molar-refractivity contribution in [2.75, 3.05) is 13.7 Å². The highest BCUT2D eigenvalue weighted by Gasteiger charge is 2.25. The molecule has 1 aliphatic rings. The molecule has 0 aromatic heterocycles. The summed E-state index contributed by atoms with van der Waals surface area (Å²) in [7, 11) is 3.98. The van der Waals surface area contributed by atoms with Gasteiger partial charge in [-0.15, -0.1) is 9.24 Å². The minimum atomic E-state index is -0.139. The summed E-state index contributed by atoms with van der Waals surface area (Å²) in [5.74, 6) is -0.139. The Hall–Kier alpha value is -0.140. The summed E-state index contributed by atoms with van der Waals surface area (Å²) in [5, 5.41) is 3.31. The number of rotatable bonds is 2. The normalized spacial score (nSPS) is 26.3. The van der Waals surface area contributed by atoms with E-state index < -0.39 is 0 Å². The monoisotopic (exact) mass is 189 g/mol. The number of hydrogen-bond acceptors (Lipinski definition) is 3. The van der Waals surface area contributed by atoms with Crippen molar-refractivity contribution in [2.24, 2.45) is 0 Å². The maximum atomic E-state index is 11.1. The third-order valence-electron chi connectivity index (χ3n) is 2.26. The first-order valence-corrected chi connectivity index (χ1v) is 4.99. The first-order chi connectivity index (χ1) is 5.75. The molecule has 1 aliphatic heterocycles. The summed E-state index contributed by atoms with van der Waals surface area (Å²) in [6, 6.07) is 0.288. The second kappa shape index (κ2) is 4.78. The van der Waals surface area contributed by atoms with Gasteiger partial charge in [-0.25, -0.2) is 0 Å². The lowest BCUT2D eigenvalue weighted by molar-refractivity contribution is -0.140. The lowest BCUT2D eigenvalue weighted by Crippen LogP contribution is -2.44. The van der Waals surface area contributed by atoms with E-state index in [1.165, 1.54) is 20.0 Å². The Morgan fingerprint density at radius 2 is 2.42 bits per heavy atom. The molecular weight excluding hydrogens is 173 g/mol. The van der Waals surface area contributed by atoms with Crippen LogP contribution in [0, 0.1) is 0 Å². The standard InChI is InChI=1S/C8H16NO2P/c1-11-8(10)7(12)6-4-2-3-5-9-6/h6-7,9H,2-5,12H2,1H3/t6-,7-/m1/s1. The van der Waals surface area contributed by atoms with E-state index in [0.717, 1.165) is 13.0 Å². The molecule has 1 N–H and O–H groups in total. The van der Waals surface area contributed by atoms with Crippen molar-refractivity contribution in [3.63, 3.8) is 0 Å². The molecule has 1 unspecified atom stereocenters. The molecule has 4 heteroatoms. The van der Waals surface area contributed by atoms with Crippen LogP contribution < -0.4 is 5.32 Å². The van der Waals surface area contributed by atoms with E-state index >= 15 is 0 Å². The number of piperidine rings is 1. The van der Waals surface area contributed by atoms with Crippen molar-refractivity contribution in [2.45, 2.75) is 31.0 Å². The first kappa shape index (κ1) is 9.94. The molecule has 0 radical (unpaired) electrons. The van der Waals surface area contributed by atoms with Gasteiger partial charge in [-0.05, 0) is 19.4 Å². The van der Waals surface area contributed by atoms with E-state index in [2.05, 4.69) is 19.3 Å². The number of esters is 1. The van der Waals surface area contributed by atoms with Gasteiger partial charge in [0.1, 0.15) is 0 Å². The first-order valence-electron chi connectivity index (χ1n) is 4.32. The average molecular weight is 189 g/mol. The van der Waals surface area contributed by atoms with Gasteiger partial charge in [-0.2, -0.15) is 0 Å². The van der Waals surface area contributed by atoms with Crippen LogP contribution in [-0.4, -0.2) is 31.3 Å². The largest absolute Gasteiger partial charge is 0.469 e. The summed E-state index contributed by atoms with van der Waals surface area (Å²) < 4.78 is 4.67. The molecular formula is C8H16NO2P. The second-order valence-corrected chi connectivity index (χ2v) is 3.82. The molecule has 3 atom stereocenters. The SMILES string of the molecule is COC(=O)[C@H](P)[C@H]1CCCCN1. The molecule has 70 valence electrons. The van der Waals surface area contributed by atoms with Crippen LogP contribution in [0.2, 0.25) is 0 Å². The van der Waals surface area contributed by atoms with Crippen LogP contribution in [0.15, 0.2) is 0 Å². The Balaban J connectivity index is 2.39. The predicted octanol–water partition coefficient (Wildman–Crippen LogP) is 0.545. The molecule has 12 heavy (non-hydrogen) atoms. The molecule has 0 amide bonds. The average Bonchev–Trinajstić information content (AvgIpc) is 2.17. The van der Waals surface area contributed by atoms with E-state index in [-0.39, 0.29) is 17.7 Å². The lowest BCUT2D eigenvalue weighted by Gasteiger charge is -2.27. The molecule has 1 rings (SSSR count). The number of hydrogen-bond donors (Lipinski definition) is 1. The number of nitrogens with one attached hydrogen (secondary N) is 1. The van der Waals surface area contributed by atoms with E-state index in [4.69, 9.17) is 0 Å². The fourth-order valence-electron chi connectivity index (χ4n) is 1.49. The topological polar surface area (TPSA) is 38.3 Å². The Kier molecular flexibility index (Phi) is 3.96. The van der Waals surface area contributed by atoms with Crippen molar-refractivity contribution >= 4 is 15.2 Å². The summed E-state index contributed by atoms with van der Waals surface area (Å²) >= 11 is 0. The zero-order valence-corrected chi connectivity index (χ0v) is 8.53. The van der Waals surface area contributed by atoms with Crippen LogP contribution in [-0.2, 0) is 9.53 Å². The van der Waals surface area contributed by atoms with Gasteiger partial charge >= 0.3 is 5.97 Å². The molecule has 0 aromatic carbocycles. The van der Waals surface area contributed by atoms with E-state index in [9.17, 15) is 4.79 Å². The molecule has 3 nitrogen and oxygen atoms in total. The fourth-order valence-corrected chi connectivity index (χ4v) is 1.95. The molecule has 1 saturated heterocycles. The Morgan fingerprint density at radius 3 is 2.92 bits per heavy atom.